The van der Waals surface area contributed by atoms with Gasteiger partial charge in [-0.1, -0.05) is 58.0 Å². The van der Waals surface area contributed by atoms with Gasteiger partial charge in [0.15, 0.2) is 63.9 Å². The third-order valence-electron chi connectivity index (χ3n) is 12.9. The number of hydrogen-bond acceptors (Lipinski definition) is 20. The van der Waals surface area contributed by atoms with Crippen molar-refractivity contribution in [3.8, 4) is 68.2 Å². The van der Waals surface area contributed by atoms with Crippen LogP contribution in [0.1, 0.15) is 82.3 Å². The van der Waals surface area contributed by atoms with Crippen LogP contribution in [0.2, 0.25) is 0 Å². The number of hydrogen-bond donors (Lipinski definition) is 21. The van der Waals surface area contributed by atoms with Gasteiger partial charge in [0, 0.05) is 96.5 Å². The van der Waals surface area contributed by atoms with Crippen molar-refractivity contribution in [2.75, 3.05) is 90.5 Å². The van der Waals surface area contributed by atoms with Crippen LogP contribution in [-0.2, 0) is 22.7 Å². The van der Waals surface area contributed by atoms with Crippen molar-refractivity contribution in [2.24, 2.45) is 40.1 Å². The van der Waals surface area contributed by atoms with Gasteiger partial charge in [-0.25, -0.2) is 0 Å². The van der Waals surface area contributed by atoms with E-state index in [1.54, 1.807) is 43.3 Å². The van der Waals surface area contributed by atoms with Crippen LogP contribution in [0.15, 0.2) is 60.7 Å². The summed E-state index contributed by atoms with van der Waals surface area (Å²) in [6.45, 7) is 3.66. The summed E-state index contributed by atoms with van der Waals surface area (Å²) in [6.07, 6.45) is 3.14. The largest absolute Gasteiger partial charge is 0.489 e. The lowest BCUT2D eigenvalue weighted by Gasteiger charge is -2.23. The van der Waals surface area contributed by atoms with Crippen molar-refractivity contribution in [3.63, 3.8) is 0 Å². The molecule has 4 aromatic rings. The van der Waals surface area contributed by atoms with Crippen LogP contribution in [0.4, 0.5) is 0 Å². The van der Waals surface area contributed by atoms with Gasteiger partial charge < -0.3 is 110 Å². The highest BCUT2D eigenvalue weighted by molar-refractivity contribution is 8.76. The Morgan fingerprint density at radius 2 is 0.670 bits per heavy atom. The first kappa shape index (κ1) is 76.5. The Labute approximate surface area is 555 Å². The number of rotatable bonds is 49. The minimum Gasteiger partial charge on any atom is -0.489 e. The molecule has 0 saturated carbocycles. The molecule has 0 aliphatic rings. The van der Waals surface area contributed by atoms with Crippen molar-refractivity contribution in [1.29, 1.82) is 43.3 Å². The van der Waals surface area contributed by atoms with E-state index in [1.807, 2.05) is 24.3 Å². The molecular weight excluding hydrogens is 1250 g/mol. The minimum absolute atomic E-state index is 0.00223. The second-order valence-electron chi connectivity index (χ2n) is 20.7. The molecule has 31 nitrogen and oxygen atoms in total. The van der Waals surface area contributed by atoms with Crippen molar-refractivity contribution >= 4 is 80.5 Å². The highest BCUT2D eigenvalue weighted by Gasteiger charge is 2.26. The summed E-state index contributed by atoms with van der Waals surface area (Å²) < 4.78 is 50.9. The SMILES string of the molecule is CC(=N)NCCOc1c(-c2cccc(OCCNC(=N)N)c2OCCCC(=N)N)ccc(CNC(=O)CCSSCCC(=O)NCc2ccc(-c3cccc(OCCNC(=N)N)c3OCCCC(=N)N)c(OCCNC(=N)N)c2OCCCC(=N)N)c1OCCCC(=N)N. The lowest BCUT2D eigenvalue weighted by atomic mass is 9.99. The predicted molar refractivity (Wildman–Crippen MR) is 371 cm³/mol. The fourth-order valence-corrected chi connectivity index (χ4v) is 10.6. The van der Waals surface area contributed by atoms with E-state index >= 15 is 0 Å². The van der Waals surface area contributed by atoms with E-state index < -0.39 is 0 Å². The number of guanidine groups is 3. The average Bonchev–Trinajstić information content (AvgIpc) is 0.790. The van der Waals surface area contributed by atoms with E-state index in [0.717, 1.165) is 0 Å². The zero-order valence-corrected chi connectivity index (χ0v) is 54.7. The summed E-state index contributed by atoms with van der Waals surface area (Å²) in [5, 5.41) is 78.9. The number of nitrogens with one attached hydrogen (secondary N) is 14. The average molecular weight is 1340 g/mol. The Morgan fingerprint density at radius 1 is 0.362 bits per heavy atom. The zero-order chi connectivity index (χ0) is 68.6. The molecule has 33 heteroatoms. The fourth-order valence-electron chi connectivity index (χ4n) is 8.62. The van der Waals surface area contributed by atoms with Gasteiger partial charge in [0.25, 0.3) is 0 Å². The standard InChI is InChI=1S/C61H93N21O10S2/c1-38(62)77-22-32-91-57-43(41-8-2-10-45(85-30-23-78-59(71)72)55(41)89-28-6-14-49(67)68)18-16-39(53(57)87-26-4-12-47(63)64)36-81-51(83)20-34-93-94-35-21-52(84)82-37-40-17-19-44(58(92-33-25-80-61(75)76)54(40)88-27-5-13-48(65)66)42-9-3-11-46(86-31-24-79-60(73)74)56(42)90-29-7-15-50(69)70/h2-3,8-11,16-19H,4-7,12-15,20-37H2,1H3,(H2,62,77)(H3,63,64)(H3,65,66)(H3,67,68)(H3,69,70)(H,81,83)(H,82,84)(H4,71,72,78)(H4,73,74,79)(H4,75,76,80). The van der Waals surface area contributed by atoms with E-state index in [9.17, 15) is 9.59 Å². The summed E-state index contributed by atoms with van der Waals surface area (Å²) in [4.78, 5) is 27.0. The van der Waals surface area contributed by atoms with Crippen molar-refractivity contribution in [3.05, 3.63) is 71.8 Å². The van der Waals surface area contributed by atoms with Gasteiger partial charge in [-0.15, -0.1) is 0 Å². The Balaban J connectivity index is 1.52. The molecule has 0 fully saturated rings. The van der Waals surface area contributed by atoms with Gasteiger partial charge in [-0.3, -0.25) is 52.9 Å². The quantitative estimate of drug-likeness (QED) is 0.0128. The van der Waals surface area contributed by atoms with Crippen LogP contribution in [0, 0.1) is 43.3 Å². The van der Waals surface area contributed by atoms with E-state index in [-0.39, 0.29) is 182 Å². The van der Waals surface area contributed by atoms with E-state index in [4.69, 9.17) is 121 Å². The molecule has 0 atom stereocenters. The lowest BCUT2D eigenvalue weighted by Crippen LogP contribution is -2.33. The first-order valence-corrected chi connectivity index (χ1v) is 32.9. The van der Waals surface area contributed by atoms with E-state index in [0.29, 0.717) is 124 Å². The maximum Gasteiger partial charge on any atom is 0.221 e. The molecule has 28 N–H and O–H groups in total. The van der Waals surface area contributed by atoms with E-state index in [2.05, 4.69) is 31.9 Å². The number of carbonyl (C=O) groups excluding carboxylic acids is 2. The molecule has 0 spiro atoms. The first-order valence-electron chi connectivity index (χ1n) is 30.4. The molecule has 0 aliphatic carbocycles. The summed E-state index contributed by atoms with van der Waals surface area (Å²) in [5.41, 5.74) is 42.6. The van der Waals surface area contributed by atoms with Gasteiger partial charge in [-0.2, -0.15) is 0 Å². The molecule has 0 heterocycles. The van der Waals surface area contributed by atoms with Crippen LogP contribution in [0.3, 0.4) is 0 Å². The third kappa shape index (κ3) is 29.6. The van der Waals surface area contributed by atoms with Crippen LogP contribution < -0.4 is 110 Å². The van der Waals surface area contributed by atoms with Crippen LogP contribution in [0.5, 0.6) is 46.0 Å². The number of para-hydroxylation sites is 2. The molecule has 514 valence electrons. The predicted octanol–water partition coefficient (Wildman–Crippen LogP) is 4.05. The fraction of sp³-hybridized carbons (Fsp3) is 0.443. The summed E-state index contributed by atoms with van der Waals surface area (Å²) in [7, 11) is 2.89. The van der Waals surface area contributed by atoms with Crippen LogP contribution >= 0.6 is 21.6 Å². The monoisotopic (exact) mass is 1340 g/mol. The lowest BCUT2D eigenvalue weighted by molar-refractivity contribution is -0.121. The van der Waals surface area contributed by atoms with Crippen molar-refractivity contribution in [2.45, 2.75) is 84.2 Å². The highest BCUT2D eigenvalue weighted by atomic mass is 33.1. The minimum atomic E-state index is -0.253. The number of amidine groups is 5. The molecule has 2 amide bonds. The smallest absolute Gasteiger partial charge is 0.221 e. The Hall–Kier alpha value is -9.92. The summed E-state index contributed by atoms with van der Waals surface area (Å²) >= 11 is 0. The van der Waals surface area contributed by atoms with Crippen molar-refractivity contribution < 1.29 is 47.5 Å². The topological polar surface area (TPSA) is 553 Å². The molecule has 0 saturated heterocycles. The second kappa shape index (κ2) is 43.0. The molecule has 4 rings (SSSR count). The zero-order valence-electron chi connectivity index (χ0n) is 53.1. The number of nitrogens with two attached hydrogens (primary N) is 7. The maximum atomic E-state index is 13.5. The first-order chi connectivity index (χ1) is 45.1. The number of carbonyl (C=O) groups is 2. The van der Waals surface area contributed by atoms with Crippen molar-refractivity contribution in [1.82, 2.24) is 31.9 Å². The van der Waals surface area contributed by atoms with Crippen LogP contribution in [0.25, 0.3) is 22.3 Å². The molecule has 4 aromatic carbocycles. The van der Waals surface area contributed by atoms with Gasteiger partial charge >= 0.3 is 0 Å². The van der Waals surface area contributed by atoms with Gasteiger partial charge in [0.2, 0.25) is 11.8 Å². The van der Waals surface area contributed by atoms with Crippen LogP contribution in [-0.4, -0.2) is 149 Å². The summed E-state index contributed by atoms with van der Waals surface area (Å²) in [5.74, 6) is 2.67. The molecule has 0 bridgehead atoms. The molecule has 94 heavy (non-hydrogen) atoms. The number of ether oxygens (including phenoxy) is 8. The summed E-state index contributed by atoms with van der Waals surface area (Å²) in [6, 6.07) is 17.9. The molecule has 0 aliphatic heterocycles. The maximum absolute atomic E-state index is 13.5. The second-order valence-corrected chi connectivity index (χ2v) is 23.4. The molecule has 0 radical (unpaired) electrons. The molecular formula is C61H93N21O10S2. The van der Waals surface area contributed by atoms with Gasteiger partial charge in [0.05, 0.1) is 81.8 Å². The van der Waals surface area contributed by atoms with Gasteiger partial charge in [0.1, 0.15) is 26.4 Å². The Morgan fingerprint density at radius 3 is 1.00 bits per heavy atom. The molecule has 0 unspecified atom stereocenters. The Bertz CT molecular complexity index is 2990. The van der Waals surface area contributed by atoms with E-state index in [1.165, 1.54) is 21.6 Å². The number of amides is 2. The number of benzene rings is 4. The van der Waals surface area contributed by atoms with Gasteiger partial charge in [-0.05, 0) is 56.9 Å². The highest BCUT2D eigenvalue weighted by Crippen LogP contribution is 2.49. The molecule has 0 aromatic heterocycles. The Kier molecular flexibility index (Phi) is 35.0. The normalized spacial score (nSPS) is 10.6. The third-order valence-corrected chi connectivity index (χ3v) is 15.3.